The molecule has 2 rings (SSSR count). The molecule has 0 aliphatic rings. The highest BCUT2D eigenvalue weighted by atomic mass is 32.1. The van der Waals surface area contributed by atoms with Crippen LogP contribution in [0.5, 0.6) is 0 Å². The van der Waals surface area contributed by atoms with Crippen molar-refractivity contribution in [3.63, 3.8) is 0 Å². The summed E-state index contributed by atoms with van der Waals surface area (Å²) in [6.07, 6.45) is 0. The molecule has 0 amide bonds. The van der Waals surface area contributed by atoms with Crippen LogP contribution in [-0.4, -0.2) is 10.9 Å². The molecule has 0 saturated carbocycles. The van der Waals surface area contributed by atoms with Crippen LogP contribution < -0.4 is 10.6 Å². The maximum absolute atomic E-state index is 13.5. The van der Waals surface area contributed by atoms with Crippen molar-refractivity contribution >= 4 is 34.5 Å². The predicted molar refractivity (Wildman–Crippen MR) is 82.6 cm³/mol. The zero-order chi connectivity index (χ0) is 15.4. The van der Waals surface area contributed by atoms with Crippen LogP contribution in [0.25, 0.3) is 0 Å². The largest absolute Gasteiger partial charge is 0.332 e. The molecule has 0 fully saturated rings. The van der Waals surface area contributed by atoms with E-state index in [4.69, 9.17) is 12.2 Å². The number of benzene rings is 2. The lowest BCUT2D eigenvalue weighted by atomic mass is 10.1. The van der Waals surface area contributed by atoms with Gasteiger partial charge in [-0.2, -0.15) is 0 Å². The maximum Gasteiger partial charge on any atom is 0.175 e. The Labute approximate surface area is 126 Å². The summed E-state index contributed by atoms with van der Waals surface area (Å²) < 4.78 is 26.5. The highest BCUT2D eigenvalue weighted by Crippen LogP contribution is 2.16. The van der Waals surface area contributed by atoms with Crippen molar-refractivity contribution in [2.24, 2.45) is 0 Å². The quantitative estimate of drug-likeness (QED) is 0.665. The number of hydrogen-bond acceptors (Lipinski definition) is 2. The van der Waals surface area contributed by atoms with Gasteiger partial charge in [0.25, 0.3) is 0 Å². The predicted octanol–water partition coefficient (Wildman–Crippen LogP) is 3.98. The highest BCUT2D eigenvalue weighted by molar-refractivity contribution is 7.80. The molecule has 6 heteroatoms. The third-order valence-corrected chi connectivity index (χ3v) is 2.93. The Hall–Kier alpha value is -2.34. The van der Waals surface area contributed by atoms with Crippen LogP contribution in [-0.2, 0) is 0 Å². The number of anilines is 2. The van der Waals surface area contributed by atoms with E-state index >= 15 is 0 Å². The van der Waals surface area contributed by atoms with Gasteiger partial charge in [0, 0.05) is 17.3 Å². The zero-order valence-electron chi connectivity index (χ0n) is 11.1. The second kappa shape index (κ2) is 6.41. The topological polar surface area (TPSA) is 41.1 Å². The first kappa shape index (κ1) is 15.1. The summed E-state index contributed by atoms with van der Waals surface area (Å²) in [5.74, 6) is -1.20. The van der Waals surface area contributed by atoms with E-state index in [-0.39, 0.29) is 16.6 Å². The molecule has 0 aromatic heterocycles. The molecule has 108 valence electrons. The first-order chi connectivity index (χ1) is 9.95. The fraction of sp³-hybridized carbons (Fsp3) is 0.0667. The average Bonchev–Trinajstić information content (AvgIpc) is 2.43. The number of Topliss-reactive ketones (excluding diaryl/α,β-unsaturated/α-hetero) is 1. The van der Waals surface area contributed by atoms with E-state index < -0.39 is 11.6 Å². The number of ketones is 1. The fourth-order valence-corrected chi connectivity index (χ4v) is 1.89. The lowest BCUT2D eigenvalue weighted by molar-refractivity contribution is 0.101. The number of thiocarbonyl (C=S) groups is 1. The van der Waals surface area contributed by atoms with Crippen molar-refractivity contribution in [1.82, 2.24) is 0 Å². The van der Waals surface area contributed by atoms with Gasteiger partial charge in [0.15, 0.2) is 10.9 Å². The van der Waals surface area contributed by atoms with Crippen molar-refractivity contribution in [2.75, 3.05) is 10.6 Å². The number of nitrogens with one attached hydrogen (secondary N) is 2. The molecule has 0 radical (unpaired) electrons. The van der Waals surface area contributed by atoms with Gasteiger partial charge in [-0.05, 0) is 55.5 Å². The molecular weight excluding hydrogens is 294 g/mol. The summed E-state index contributed by atoms with van der Waals surface area (Å²) in [4.78, 5) is 11.2. The minimum absolute atomic E-state index is 0.0379. The van der Waals surface area contributed by atoms with E-state index in [0.29, 0.717) is 11.3 Å². The van der Waals surface area contributed by atoms with Crippen molar-refractivity contribution in [2.45, 2.75) is 6.92 Å². The summed E-state index contributed by atoms with van der Waals surface area (Å²) in [6, 6.07) is 9.70. The van der Waals surface area contributed by atoms with Gasteiger partial charge in [-0.15, -0.1) is 0 Å². The second-order valence-electron chi connectivity index (χ2n) is 4.34. The minimum Gasteiger partial charge on any atom is -0.332 e. The molecule has 2 aromatic rings. The lowest BCUT2D eigenvalue weighted by Gasteiger charge is -2.11. The SMILES string of the molecule is CC(=O)c1ccc(NC(=S)Nc2cc(F)ccc2F)cc1. The normalized spacial score (nSPS) is 10.0. The maximum atomic E-state index is 13.5. The van der Waals surface area contributed by atoms with E-state index in [9.17, 15) is 13.6 Å². The van der Waals surface area contributed by atoms with Crippen molar-refractivity contribution in [3.8, 4) is 0 Å². The highest BCUT2D eigenvalue weighted by Gasteiger charge is 2.06. The summed E-state index contributed by atoms with van der Waals surface area (Å²) in [5, 5.41) is 5.52. The van der Waals surface area contributed by atoms with Gasteiger partial charge in [0.2, 0.25) is 0 Å². The molecule has 0 saturated heterocycles. The van der Waals surface area contributed by atoms with Gasteiger partial charge in [0.05, 0.1) is 5.69 Å². The number of carbonyl (C=O) groups is 1. The minimum atomic E-state index is -0.604. The van der Waals surface area contributed by atoms with Crippen LogP contribution in [0.1, 0.15) is 17.3 Å². The molecule has 0 atom stereocenters. The monoisotopic (exact) mass is 306 g/mol. The summed E-state index contributed by atoms with van der Waals surface area (Å²) >= 11 is 5.03. The molecule has 3 nitrogen and oxygen atoms in total. The summed E-state index contributed by atoms with van der Waals surface area (Å²) in [5.41, 5.74) is 1.16. The van der Waals surface area contributed by atoms with E-state index in [2.05, 4.69) is 10.6 Å². The molecular formula is C15H12F2N2OS. The molecule has 21 heavy (non-hydrogen) atoms. The van der Waals surface area contributed by atoms with Crippen LogP contribution in [0.3, 0.4) is 0 Å². The van der Waals surface area contributed by atoms with Crippen molar-refractivity contribution in [3.05, 3.63) is 59.7 Å². The van der Waals surface area contributed by atoms with Gasteiger partial charge in [-0.25, -0.2) is 8.78 Å². The van der Waals surface area contributed by atoms with E-state index in [1.54, 1.807) is 24.3 Å². The van der Waals surface area contributed by atoms with E-state index in [1.165, 1.54) is 6.92 Å². The summed E-state index contributed by atoms with van der Waals surface area (Å²) in [7, 11) is 0. The molecule has 0 unspecified atom stereocenters. The molecule has 2 aromatic carbocycles. The van der Waals surface area contributed by atoms with E-state index in [0.717, 1.165) is 18.2 Å². The van der Waals surface area contributed by atoms with Crippen LogP contribution in [0.15, 0.2) is 42.5 Å². The van der Waals surface area contributed by atoms with Gasteiger partial charge < -0.3 is 10.6 Å². The molecule has 0 spiro atoms. The Morgan fingerprint density at radius 3 is 2.33 bits per heavy atom. The first-order valence-electron chi connectivity index (χ1n) is 6.10. The standard InChI is InChI=1S/C15H12F2N2OS/c1-9(20)10-2-5-12(6-3-10)18-15(21)19-14-8-11(16)4-7-13(14)17/h2-8H,1H3,(H2,18,19,21). The molecule has 0 bridgehead atoms. The number of carbonyl (C=O) groups excluding carboxylic acids is 1. The average molecular weight is 306 g/mol. The molecule has 0 aliphatic carbocycles. The van der Waals surface area contributed by atoms with E-state index in [1.807, 2.05) is 0 Å². The Morgan fingerprint density at radius 2 is 1.71 bits per heavy atom. The van der Waals surface area contributed by atoms with Gasteiger partial charge >= 0.3 is 0 Å². The third kappa shape index (κ3) is 4.06. The van der Waals surface area contributed by atoms with Crippen LogP contribution in [0, 0.1) is 11.6 Å². The van der Waals surface area contributed by atoms with Gasteiger partial charge in [-0.1, -0.05) is 0 Å². The Kier molecular flexibility index (Phi) is 4.59. The fourth-order valence-electron chi connectivity index (χ4n) is 1.67. The number of halogens is 2. The third-order valence-electron chi connectivity index (χ3n) is 2.73. The Morgan fingerprint density at radius 1 is 1.05 bits per heavy atom. The summed E-state index contributed by atoms with van der Waals surface area (Å²) in [6.45, 7) is 1.47. The molecule has 2 N–H and O–H groups in total. The second-order valence-corrected chi connectivity index (χ2v) is 4.75. The molecule has 0 heterocycles. The van der Waals surface area contributed by atoms with Crippen LogP contribution >= 0.6 is 12.2 Å². The van der Waals surface area contributed by atoms with Crippen molar-refractivity contribution < 1.29 is 13.6 Å². The van der Waals surface area contributed by atoms with Gasteiger partial charge in [0.1, 0.15) is 11.6 Å². The van der Waals surface area contributed by atoms with Crippen LogP contribution in [0.4, 0.5) is 20.2 Å². The molecule has 0 aliphatic heterocycles. The smallest absolute Gasteiger partial charge is 0.175 e. The number of hydrogen-bond donors (Lipinski definition) is 2. The first-order valence-corrected chi connectivity index (χ1v) is 6.50. The Bertz CT molecular complexity index is 687. The lowest BCUT2D eigenvalue weighted by Crippen LogP contribution is -2.19. The van der Waals surface area contributed by atoms with Gasteiger partial charge in [-0.3, -0.25) is 4.79 Å². The Balaban J connectivity index is 2.04. The zero-order valence-corrected chi connectivity index (χ0v) is 11.9. The van der Waals surface area contributed by atoms with Crippen molar-refractivity contribution in [1.29, 1.82) is 0 Å². The number of rotatable bonds is 3. The van der Waals surface area contributed by atoms with Crippen LogP contribution in [0.2, 0.25) is 0 Å².